The number of rotatable bonds is 6. The van der Waals surface area contributed by atoms with E-state index in [1.54, 1.807) is 12.3 Å². The highest BCUT2D eigenvalue weighted by Gasteiger charge is 2.37. The largest absolute Gasteiger partial charge is 0.469 e. The van der Waals surface area contributed by atoms with Crippen molar-refractivity contribution < 1.29 is 24.0 Å². The third kappa shape index (κ3) is 4.27. The summed E-state index contributed by atoms with van der Waals surface area (Å²) in [7, 11) is -4.61. The lowest BCUT2D eigenvalue weighted by molar-refractivity contribution is -0.0418. The number of nitrogens with zero attached hydrogens (tertiary/aromatic N) is 4. The summed E-state index contributed by atoms with van der Waals surface area (Å²) in [5, 5.41) is 15.9. The van der Waals surface area contributed by atoms with Crippen LogP contribution in [0, 0.1) is 6.92 Å². The maximum absolute atomic E-state index is 11.0. The molecule has 10 heteroatoms. The molecule has 2 heterocycles. The van der Waals surface area contributed by atoms with Gasteiger partial charge in [0.2, 0.25) is 6.35 Å². The zero-order chi connectivity index (χ0) is 17.2. The number of aliphatic hydroxyl groups is 1. The van der Waals surface area contributed by atoms with Crippen molar-refractivity contribution in [2.75, 3.05) is 4.90 Å². The number of hydrogen-bond acceptors (Lipinski definition) is 7. The van der Waals surface area contributed by atoms with E-state index in [1.807, 2.05) is 19.9 Å². The number of phosphoric acid groups is 1. The first-order valence-electron chi connectivity index (χ1n) is 7.18. The SMILES string of the molecule is CC[C@@H]([C@@H](C)OP(=O)(O)O)N1N=CN(c2ccc(C)cn2)C1O. The van der Waals surface area contributed by atoms with Gasteiger partial charge in [-0.1, -0.05) is 13.0 Å². The van der Waals surface area contributed by atoms with Crippen LogP contribution in [0.1, 0.15) is 25.8 Å². The van der Waals surface area contributed by atoms with Gasteiger partial charge < -0.3 is 14.9 Å². The molecule has 0 aromatic carbocycles. The number of aromatic nitrogens is 1. The Bertz CT molecular complexity index is 605. The average Bonchev–Trinajstić information content (AvgIpc) is 2.81. The molecule has 1 aliphatic heterocycles. The maximum atomic E-state index is 11.0. The van der Waals surface area contributed by atoms with Crippen LogP contribution in [0.15, 0.2) is 23.4 Å². The molecule has 3 atom stereocenters. The molecule has 0 saturated heterocycles. The minimum absolute atomic E-state index is 0.477. The molecule has 0 radical (unpaired) electrons. The number of anilines is 1. The normalized spacial score (nSPS) is 20.9. The van der Waals surface area contributed by atoms with Gasteiger partial charge in [0.1, 0.15) is 12.2 Å². The van der Waals surface area contributed by atoms with E-state index in [0.29, 0.717) is 12.2 Å². The number of pyridine rings is 1. The zero-order valence-corrected chi connectivity index (χ0v) is 14.0. The molecule has 0 bridgehead atoms. The molecule has 2 rings (SSSR count). The molecule has 3 N–H and O–H groups in total. The van der Waals surface area contributed by atoms with Gasteiger partial charge in [0.15, 0.2) is 0 Å². The summed E-state index contributed by atoms with van der Waals surface area (Å²) in [6.45, 7) is 5.26. The Morgan fingerprint density at radius 2 is 2.13 bits per heavy atom. The average molecular weight is 344 g/mol. The highest BCUT2D eigenvalue weighted by Crippen LogP contribution is 2.39. The Labute approximate surface area is 134 Å². The fraction of sp³-hybridized carbons (Fsp3) is 0.538. The smallest absolute Gasteiger partial charge is 0.355 e. The molecular formula is C13H21N4O5P. The summed E-state index contributed by atoms with van der Waals surface area (Å²) in [5.74, 6) is 0.521. The van der Waals surface area contributed by atoms with Gasteiger partial charge in [-0.3, -0.25) is 9.42 Å². The number of aliphatic hydroxyl groups excluding tert-OH is 1. The molecule has 9 nitrogen and oxygen atoms in total. The second kappa shape index (κ2) is 6.94. The van der Waals surface area contributed by atoms with Crippen LogP contribution in [-0.4, -0.2) is 49.7 Å². The highest BCUT2D eigenvalue weighted by molar-refractivity contribution is 7.46. The van der Waals surface area contributed by atoms with E-state index in [-0.39, 0.29) is 0 Å². The molecular weight excluding hydrogens is 323 g/mol. The van der Waals surface area contributed by atoms with Crippen LogP contribution < -0.4 is 4.90 Å². The fourth-order valence-corrected chi connectivity index (χ4v) is 3.00. The summed E-state index contributed by atoms with van der Waals surface area (Å²) >= 11 is 0. The van der Waals surface area contributed by atoms with Gasteiger partial charge in [-0.05, 0) is 31.9 Å². The lowest BCUT2D eigenvalue weighted by Gasteiger charge is -2.34. The first-order chi connectivity index (χ1) is 10.7. The van der Waals surface area contributed by atoms with Gasteiger partial charge in [0.25, 0.3) is 0 Å². The topological polar surface area (TPSA) is 119 Å². The molecule has 128 valence electrons. The van der Waals surface area contributed by atoms with Crippen molar-refractivity contribution in [1.29, 1.82) is 0 Å². The maximum Gasteiger partial charge on any atom is 0.469 e. The summed E-state index contributed by atoms with van der Waals surface area (Å²) < 4.78 is 15.7. The second-order valence-electron chi connectivity index (χ2n) is 5.34. The quantitative estimate of drug-likeness (QED) is 0.654. The van der Waals surface area contributed by atoms with E-state index in [4.69, 9.17) is 14.3 Å². The zero-order valence-electron chi connectivity index (χ0n) is 13.1. The minimum Gasteiger partial charge on any atom is -0.355 e. The van der Waals surface area contributed by atoms with Gasteiger partial charge in [0.05, 0.1) is 12.1 Å². The Balaban J connectivity index is 2.13. The fourth-order valence-electron chi connectivity index (χ4n) is 2.43. The number of aryl methyl sites for hydroxylation is 1. The predicted octanol–water partition coefficient (Wildman–Crippen LogP) is 1.01. The van der Waals surface area contributed by atoms with Crippen LogP contribution in [0.3, 0.4) is 0 Å². The molecule has 0 spiro atoms. The number of hydrazone groups is 1. The van der Waals surface area contributed by atoms with Crippen molar-refractivity contribution in [2.24, 2.45) is 5.10 Å². The van der Waals surface area contributed by atoms with Crippen molar-refractivity contribution in [3.05, 3.63) is 23.9 Å². The van der Waals surface area contributed by atoms with E-state index < -0.39 is 26.3 Å². The van der Waals surface area contributed by atoms with Gasteiger partial charge >= 0.3 is 7.82 Å². The molecule has 1 aromatic rings. The van der Waals surface area contributed by atoms with Crippen molar-refractivity contribution in [3.63, 3.8) is 0 Å². The lowest BCUT2D eigenvalue weighted by atomic mass is 10.1. The van der Waals surface area contributed by atoms with Crippen molar-refractivity contribution in [1.82, 2.24) is 9.99 Å². The summed E-state index contributed by atoms with van der Waals surface area (Å²) in [6, 6.07) is 3.11. The minimum atomic E-state index is -4.61. The van der Waals surface area contributed by atoms with Crippen LogP contribution in [0.5, 0.6) is 0 Å². The van der Waals surface area contributed by atoms with Gasteiger partial charge in [-0.2, -0.15) is 5.10 Å². The Morgan fingerprint density at radius 1 is 1.43 bits per heavy atom. The first kappa shape index (κ1) is 17.8. The van der Waals surface area contributed by atoms with Crippen LogP contribution in [0.4, 0.5) is 5.82 Å². The van der Waals surface area contributed by atoms with Crippen molar-refractivity contribution in [3.8, 4) is 0 Å². The molecule has 1 aliphatic rings. The molecule has 23 heavy (non-hydrogen) atoms. The Hall–Kier alpha value is -1.51. The molecule has 0 aliphatic carbocycles. The lowest BCUT2D eigenvalue weighted by Crippen LogP contribution is -2.48. The summed E-state index contributed by atoms with van der Waals surface area (Å²) in [5.41, 5.74) is 0.992. The predicted molar refractivity (Wildman–Crippen MR) is 84.5 cm³/mol. The van der Waals surface area contributed by atoms with E-state index in [2.05, 4.69) is 10.1 Å². The monoisotopic (exact) mass is 344 g/mol. The number of phosphoric ester groups is 1. The van der Waals surface area contributed by atoms with Gasteiger partial charge in [0, 0.05) is 6.20 Å². The summed E-state index contributed by atoms with van der Waals surface area (Å²) in [4.78, 5) is 23.6. The van der Waals surface area contributed by atoms with Crippen LogP contribution in [0.2, 0.25) is 0 Å². The first-order valence-corrected chi connectivity index (χ1v) is 8.71. The summed E-state index contributed by atoms with van der Waals surface area (Å²) in [6.07, 6.45) is 1.63. The van der Waals surface area contributed by atoms with E-state index in [0.717, 1.165) is 5.56 Å². The Kier molecular flexibility index (Phi) is 5.38. The molecule has 0 amide bonds. The van der Waals surface area contributed by atoms with E-state index in [1.165, 1.54) is 23.2 Å². The van der Waals surface area contributed by atoms with Gasteiger partial charge in [-0.15, -0.1) is 0 Å². The van der Waals surface area contributed by atoms with Crippen LogP contribution in [-0.2, 0) is 9.09 Å². The standard InChI is InChI=1S/C13H21N4O5P/c1-4-11(10(3)22-23(19,20)21)17-13(18)16(8-15-17)12-6-5-9(2)7-14-12/h5-8,10-11,13,18H,4H2,1-3H3,(H2,19,20,21)/t10-,11+,13?/m1/s1. The van der Waals surface area contributed by atoms with E-state index in [9.17, 15) is 9.67 Å². The highest BCUT2D eigenvalue weighted by atomic mass is 31.2. The molecule has 1 aromatic heterocycles. The third-order valence-electron chi connectivity index (χ3n) is 3.56. The van der Waals surface area contributed by atoms with Crippen LogP contribution >= 0.6 is 7.82 Å². The van der Waals surface area contributed by atoms with Crippen LogP contribution in [0.25, 0.3) is 0 Å². The molecule has 1 unspecified atom stereocenters. The van der Waals surface area contributed by atoms with Crippen molar-refractivity contribution >= 4 is 20.0 Å². The van der Waals surface area contributed by atoms with E-state index >= 15 is 0 Å². The molecule has 0 fully saturated rings. The van der Waals surface area contributed by atoms with Crippen molar-refractivity contribution in [2.45, 2.75) is 45.7 Å². The molecule has 0 saturated carbocycles. The second-order valence-corrected chi connectivity index (χ2v) is 6.53. The number of hydrogen-bond donors (Lipinski definition) is 3. The third-order valence-corrected chi connectivity index (χ3v) is 4.17. The Morgan fingerprint density at radius 3 is 2.65 bits per heavy atom. The van der Waals surface area contributed by atoms with Gasteiger partial charge in [-0.25, -0.2) is 14.6 Å².